The number of esters is 1. The quantitative estimate of drug-likeness (QED) is 0.188. The van der Waals surface area contributed by atoms with Crippen LogP contribution in [0.4, 0.5) is 0 Å². The van der Waals surface area contributed by atoms with Crippen LogP contribution in [0.3, 0.4) is 0 Å². The molecule has 6 heteroatoms. The lowest BCUT2D eigenvalue weighted by Gasteiger charge is -2.19. The molecule has 6 nitrogen and oxygen atoms in total. The van der Waals surface area contributed by atoms with Crippen LogP contribution >= 0.6 is 0 Å². The largest absolute Gasteiger partial charge is 0.497 e. The van der Waals surface area contributed by atoms with E-state index in [1.807, 2.05) is 54.6 Å². The van der Waals surface area contributed by atoms with Crippen molar-refractivity contribution in [2.75, 3.05) is 28.4 Å². The van der Waals surface area contributed by atoms with Gasteiger partial charge >= 0.3 is 5.97 Å². The Bertz CT molecular complexity index is 1590. The normalized spacial score (nSPS) is 11.0. The van der Waals surface area contributed by atoms with E-state index in [1.165, 1.54) is 12.7 Å². The molecule has 1 aromatic heterocycles. The fraction of sp³-hybridized carbons (Fsp3) is 0.194. The molecule has 0 unspecified atom stereocenters. The molecule has 0 aliphatic rings. The molecule has 0 radical (unpaired) electrons. The molecule has 0 aliphatic carbocycles. The van der Waals surface area contributed by atoms with Crippen molar-refractivity contribution in [1.82, 2.24) is 4.57 Å². The Hall–Kier alpha value is -4.45. The van der Waals surface area contributed by atoms with Crippen molar-refractivity contribution in [3.63, 3.8) is 0 Å². The van der Waals surface area contributed by atoms with Gasteiger partial charge in [-0.05, 0) is 75.1 Å². The van der Waals surface area contributed by atoms with E-state index in [9.17, 15) is 4.79 Å². The summed E-state index contributed by atoms with van der Waals surface area (Å²) in [6.07, 6.45) is 2.59. The fourth-order valence-corrected chi connectivity index (χ4v) is 4.98. The summed E-state index contributed by atoms with van der Waals surface area (Å²) >= 11 is 0. The average molecular weight is 496 g/mol. The van der Waals surface area contributed by atoms with E-state index in [2.05, 4.69) is 29.0 Å². The molecule has 0 N–H and O–H groups in total. The molecule has 0 atom stereocenters. The van der Waals surface area contributed by atoms with Crippen molar-refractivity contribution in [2.24, 2.45) is 0 Å². The van der Waals surface area contributed by atoms with Gasteiger partial charge in [0, 0.05) is 24.9 Å². The van der Waals surface area contributed by atoms with Gasteiger partial charge in [0.2, 0.25) is 0 Å². The second-order valence-corrected chi connectivity index (χ2v) is 8.80. The Morgan fingerprint density at radius 1 is 0.730 bits per heavy atom. The van der Waals surface area contributed by atoms with E-state index < -0.39 is 0 Å². The predicted molar refractivity (Wildman–Crippen MR) is 145 cm³/mol. The Labute approximate surface area is 215 Å². The summed E-state index contributed by atoms with van der Waals surface area (Å²) in [6, 6.07) is 24.1. The molecule has 0 bridgehead atoms. The topological polar surface area (TPSA) is 58.9 Å². The van der Waals surface area contributed by atoms with Gasteiger partial charge in [0.1, 0.15) is 5.75 Å². The van der Waals surface area contributed by atoms with Crippen LogP contribution in [0.5, 0.6) is 17.2 Å². The maximum Gasteiger partial charge on any atom is 0.338 e. The molecule has 4 aromatic carbocycles. The van der Waals surface area contributed by atoms with Crippen molar-refractivity contribution < 1.29 is 23.7 Å². The Morgan fingerprint density at radius 2 is 1.43 bits per heavy atom. The van der Waals surface area contributed by atoms with Crippen LogP contribution in [0.15, 0.2) is 79.0 Å². The number of hydrogen-bond acceptors (Lipinski definition) is 5. The van der Waals surface area contributed by atoms with Gasteiger partial charge in [-0.1, -0.05) is 30.3 Å². The molecule has 0 spiro atoms. The van der Waals surface area contributed by atoms with Crippen LogP contribution in [0, 0.1) is 0 Å². The molecule has 188 valence electrons. The van der Waals surface area contributed by atoms with Gasteiger partial charge in [0.15, 0.2) is 11.5 Å². The molecule has 0 aliphatic heterocycles. The van der Waals surface area contributed by atoms with Crippen molar-refractivity contribution in [3.8, 4) is 17.2 Å². The van der Waals surface area contributed by atoms with Gasteiger partial charge in [-0.25, -0.2) is 4.79 Å². The predicted octanol–water partition coefficient (Wildman–Crippen LogP) is 6.25. The summed E-state index contributed by atoms with van der Waals surface area (Å²) in [4.78, 5) is 13.3. The number of aromatic nitrogens is 1. The van der Waals surface area contributed by atoms with Gasteiger partial charge in [0.05, 0.1) is 34.0 Å². The first-order valence-electron chi connectivity index (χ1n) is 12.0. The molecule has 0 saturated carbocycles. The molecule has 37 heavy (non-hydrogen) atoms. The molecular weight excluding hydrogens is 466 g/mol. The Kier molecular flexibility index (Phi) is 6.73. The summed E-state index contributed by atoms with van der Waals surface area (Å²) in [5.41, 5.74) is 3.69. The van der Waals surface area contributed by atoms with Crippen LogP contribution < -0.4 is 14.2 Å². The number of carbonyl (C=O) groups excluding carboxylic acids is 1. The van der Waals surface area contributed by atoms with Crippen LogP contribution in [0.2, 0.25) is 0 Å². The minimum absolute atomic E-state index is 0.386. The van der Waals surface area contributed by atoms with E-state index in [4.69, 9.17) is 18.9 Å². The fourth-order valence-electron chi connectivity index (χ4n) is 4.98. The monoisotopic (exact) mass is 495 g/mol. The highest BCUT2D eigenvalue weighted by Crippen LogP contribution is 2.41. The molecule has 5 aromatic rings. The number of benzene rings is 4. The van der Waals surface area contributed by atoms with E-state index in [0.717, 1.165) is 39.3 Å². The second-order valence-electron chi connectivity index (χ2n) is 8.80. The second kappa shape index (κ2) is 10.3. The number of ether oxygens (including phenoxy) is 4. The minimum atomic E-state index is -0.386. The molecule has 0 amide bonds. The highest BCUT2D eigenvalue weighted by Gasteiger charge is 2.23. The third-order valence-electron chi connectivity index (χ3n) is 6.80. The van der Waals surface area contributed by atoms with E-state index in [0.29, 0.717) is 29.2 Å². The van der Waals surface area contributed by atoms with Gasteiger partial charge in [-0.15, -0.1) is 0 Å². The van der Waals surface area contributed by atoms with Gasteiger partial charge in [-0.3, -0.25) is 0 Å². The maximum atomic E-state index is 13.3. The molecule has 5 rings (SSSR count). The molecule has 0 saturated heterocycles. The minimum Gasteiger partial charge on any atom is -0.497 e. The Morgan fingerprint density at radius 3 is 2.11 bits per heavy atom. The van der Waals surface area contributed by atoms with Crippen LogP contribution in [-0.4, -0.2) is 39.0 Å². The smallest absolute Gasteiger partial charge is 0.338 e. The SMILES string of the molecule is COC(=O)c1c(Cc2cccn2Cc2ccccc2)c2cc(OC)c(OC)cc2c2cc(OC)ccc12. The number of fused-ring (bicyclic) bond motifs is 3. The zero-order chi connectivity index (χ0) is 25.9. The number of rotatable bonds is 8. The van der Waals surface area contributed by atoms with Gasteiger partial charge in [-0.2, -0.15) is 0 Å². The summed E-state index contributed by atoms with van der Waals surface area (Å²) in [5, 5.41) is 3.50. The number of methoxy groups -OCH3 is 4. The number of nitrogens with zero attached hydrogens (tertiary/aromatic N) is 1. The molecular formula is C31H29NO5. The van der Waals surface area contributed by atoms with E-state index in [-0.39, 0.29) is 5.97 Å². The van der Waals surface area contributed by atoms with Crippen molar-refractivity contribution in [1.29, 1.82) is 0 Å². The first-order valence-corrected chi connectivity index (χ1v) is 12.0. The zero-order valence-corrected chi connectivity index (χ0v) is 21.4. The summed E-state index contributed by atoms with van der Waals surface area (Å²) in [5.74, 6) is 1.52. The third-order valence-corrected chi connectivity index (χ3v) is 6.80. The maximum absolute atomic E-state index is 13.3. The third kappa shape index (κ3) is 4.47. The van der Waals surface area contributed by atoms with Crippen molar-refractivity contribution >= 4 is 27.5 Å². The van der Waals surface area contributed by atoms with Crippen molar-refractivity contribution in [2.45, 2.75) is 13.0 Å². The van der Waals surface area contributed by atoms with E-state index in [1.54, 1.807) is 21.3 Å². The highest BCUT2D eigenvalue weighted by atomic mass is 16.5. The lowest BCUT2D eigenvalue weighted by atomic mass is 9.88. The molecule has 1 heterocycles. The van der Waals surface area contributed by atoms with Crippen LogP contribution in [0.1, 0.15) is 27.2 Å². The van der Waals surface area contributed by atoms with Crippen LogP contribution in [-0.2, 0) is 17.7 Å². The highest BCUT2D eigenvalue weighted by molar-refractivity contribution is 6.19. The zero-order valence-electron chi connectivity index (χ0n) is 21.4. The number of carbonyl (C=O) groups is 1. The summed E-state index contributed by atoms with van der Waals surface area (Å²) in [7, 11) is 6.27. The first-order chi connectivity index (χ1) is 18.1. The first kappa shape index (κ1) is 24.3. The van der Waals surface area contributed by atoms with E-state index >= 15 is 0 Å². The lowest BCUT2D eigenvalue weighted by molar-refractivity contribution is 0.0602. The van der Waals surface area contributed by atoms with Gasteiger partial charge < -0.3 is 23.5 Å². The summed E-state index contributed by atoms with van der Waals surface area (Å²) < 4.78 is 24.3. The Balaban J connectivity index is 1.79. The average Bonchev–Trinajstić information content (AvgIpc) is 3.38. The van der Waals surface area contributed by atoms with Crippen LogP contribution in [0.25, 0.3) is 21.5 Å². The van der Waals surface area contributed by atoms with Gasteiger partial charge in [0.25, 0.3) is 0 Å². The van der Waals surface area contributed by atoms with Crippen molar-refractivity contribution in [3.05, 3.63) is 101 Å². The standard InChI is InChI=1S/C31H29NO5/c1-34-22-12-13-23-24(16-22)25-17-28(35-2)29(36-3)18-26(25)27(30(23)31(33)37-4)15-21-11-8-14-32(21)19-20-9-6-5-7-10-20/h5-14,16-18H,15,19H2,1-4H3. The lowest BCUT2D eigenvalue weighted by Crippen LogP contribution is -2.11. The summed E-state index contributed by atoms with van der Waals surface area (Å²) in [6.45, 7) is 0.733. The molecule has 0 fully saturated rings. The number of hydrogen-bond donors (Lipinski definition) is 0.